The van der Waals surface area contributed by atoms with Crippen LogP contribution in [0.15, 0.2) is 12.8 Å². The molecule has 2 N–H and O–H groups in total. The van der Waals surface area contributed by atoms with Gasteiger partial charge in [0.05, 0.1) is 12.9 Å². The Morgan fingerprint density at radius 2 is 2.11 bits per heavy atom. The quantitative estimate of drug-likeness (QED) is 0.539. The molecule has 1 saturated heterocycles. The minimum absolute atomic E-state index is 0.720. The first-order chi connectivity index (χ1) is 8.92. The minimum atomic E-state index is 0.720. The zero-order chi connectivity index (χ0) is 12.6. The number of nitrogens with one attached hydrogen (secondary N) is 2. The second-order valence-electron chi connectivity index (χ2n) is 5.60. The summed E-state index contributed by atoms with van der Waals surface area (Å²) in [4.78, 5) is 0. The van der Waals surface area contributed by atoms with Crippen LogP contribution in [-0.4, -0.2) is 31.8 Å². The van der Waals surface area contributed by atoms with E-state index in [1.807, 2.05) is 0 Å². The van der Waals surface area contributed by atoms with E-state index in [-0.39, 0.29) is 0 Å². The fourth-order valence-electron chi connectivity index (χ4n) is 3.50. The molecule has 3 atom stereocenters. The molecule has 0 aromatic rings. The molecule has 3 unspecified atom stereocenters. The lowest BCUT2D eigenvalue weighted by Crippen LogP contribution is -2.47. The van der Waals surface area contributed by atoms with Crippen LogP contribution in [0.2, 0.25) is 0 Å². The molecule has 0 aromatic carbocycles. The molecule has 0 amide bonds. The third-order valence-electron chi connectivity index (χ3n) is 4.40. The Labute approximate surface area is 111 Å². The molecular weight excluding hydrogens is 224 g/mol. The third kappa shape index (κ3) is 3.99. The first kappa shape index (κ1) is 13.9. The molecular formula is C15H28N2O. The van der Waals surface area contributed by atoms with Crippen LogP contribution in [0.3, 0.4) is 0 Å². The summed E-state index contributed by atoms with van der Waals surface area (Å²) in [6, 6.07) is 1.49. The molecule has 1 heterocycles. The Balaban J connectivity index is 1.71. The molecule has 0 aromatic heterocycles. The van der Waals surface area contributed by atoms with Crippen molar-refractivity contribution >= 4 is 0 Å². The first-order valence-corrected chi connectivity index (χ1v) is 7.61. The number of rotatable bonds is 7. The number of hydrogen-bond donors (Lipinski definition) is 2. The highest BCUT2D eigenvalue weighted by atomic mass is 16.5. The van der Waals surface area contributed by atoms with Crippen molar-refractivity contribution in [2.24, 2.45) is 5.92 Å². The van der Waals surface area contributed by atoms with Crippen LogP contribution in [-0.2, 0) is 4.74 Å². The van der Waals surface area contributed by atoms with Gasteiger partial charge in [-0.3, -0.25) is 0 Å². The fourth-order valence-corrected chi connectivity index (χ4v) is 3.50. The van der Waals surface area contributed by atoms with Gasteiger partial charge < -0.3 is 15.4 Å². The Morgan fingerprint density at radius 1 is 1.22 bits per heavy atom. The van der Waals surface area contributed by atoms with Gasteiger partial charge in [0.15, 0.2) is 0 Å². The van der Waals surface area contributed by atoms with Crippen LogP contribution in [0.5, 0.6) is 0 Å². The maximum Gasteiger partial charge on any atom is 0.0885 e. The lowest BCUT2D eigenvalue weighted by atomic mass is 9.79. The molecule has 0 spiro atoms. The Morgan fingerprint density at radius 3 is 2.89 bits per heavy atom. The lowest BCUT2D eigenvalue weighted by Gasteiger charge is -2.36. The predicted molar refractivity (Wildman–Crippen MR) is 75.5 cm³/mol. The first-order valence-electron chi connectivity index (χ1n) is 7.61. The van der Waals surface area contributed by atoms with Crippen LogP contribution in [0.25, 0.3) is 0 Å². The summed E-state index contributed by atoms with van der Waals surface area (Å²) < 4.78 is 5.16. The van der Waals surface area contributed by atoms with E-state index in [9.17, 15) is 0 Å². The van der Waals surface area contributed by atoms with Crippen molar-refractivity contribution < 1.29 is 4.74 Å². The van der Waals surface area contributed by atoms with E-state index < -0.39 is 0 Å². The molecule has 0 bridgehead atoms. The van der Waals surface area contributed by atoms with Crippen molar-refractivity contribution in [3.8, 4) is 0 Å². The van der Waals surface area contributed by atoms with E-state index in [2.05, 4.69) is 17.2 Å². The van der Waals surface area contributed by atoms with Crippen molar-refractivity contribution in [1.29, 1.82) is 0 Å². The van der Waals surface area contributed by atoms with Gasteiger partial charge in [0, 0.05) is 12.1 Å². The van der Waals surface area contributed by atoms with Gasteiger partial charge in [-0.1, -0.05) is 19.4 Å². The number of ether oxygens (including phenoxy) is 1. The van der Waals surface area contributed by atoms with Gasteiger partial charge in [-0.15, -0.1) is 0 Å². The van der Waals surface area contributed by atoms with Gasteiger partial charge in [-0.25, -0.2) is 0 Å². The zero-order valence-corrected chi connectivity index (χ0v) is 11.5. The average Bonchev–Trinajstić information content (AvgIpc) is 2.93. The molecule has 2 fully saturated rings. The van der Waals surface area contributed by atoms with Crippen molar-refractivity contribution in [2.75, 3.05) is 19.7 Å². The van der Waals surface area contributed by atoms with Gasteiger partial charge in [-0.2, -0.15) is 0 Å². The minimum Gasteiger partial charge on any atom is -0.502 e. The molecule has 3 nitrogen and oxygen atoms in total. The van der Waals surface area contributed by atoms with Crippen LogP contribution in [0.4, 0.5) is 0 Å². The Kier molecular flexibility index (Phi) is 6.01. The molecule has 1 saturated carbocycles. The smallest absolute Gasteiger partial charge is 0.0885 e. The summed E-state index contributed by atoms with van der Waals surface area (Å²) in [5.74, 6) is 0.849. The van der Waals surface area contributed by atoms with E-state index in [1.165, 1.54) is 51.3 Å². The van der Waals surface area contributed by atoms with Crippen molar-refractivity contribution in [3.63, 3.8) is 0 Å². The zero-order valence-electron chi connectivity index (χ0n) is 11.5. The highest BCUT2D eigenvalue weighted by molar-refractivity contribution is 4.91. The lowest BCUT2D eigenvalue weighted by molar-refractivity contribution is 0.203. The number of hydrogen-bond acceptors (Lipinski definition) is 3. The summed E-state index contributed by atoms with van der Waals surface area (Å²) in [6.07, 6.45) is 10.9. The summed E-state index contributed by atoms with van der Waals surface area (Å²) in [5.41, 5.74) is 0. The highest BCUT2D eigenvalue weighted by Crippen LogP contribution is 2.30. The molecule has 104 valence electrons. The van der Waals surface area contributed by atoms with E-state index in [0.29, 0.717) is 0 Å². The van der Waals surface area contributed by atoms with Crippen molar-refractivity contribution in [2.45, 2.75) is 57.0 Å². The summed E-state index contributed by atoms with van der Waals surface area (Å²) in [7, 11) is 0. The SMILES string of the molecule is C=COCCCNC1CCCCC1C1CCCN1. The fraction of sp³-hybridized carbons (Fsp3) is 0.867. The van der Waals surface area contributed by atoms with Crippen molar-refractivity contribution in [3.05, 3.63) is 12.8 Å². The molecule has 3 heteroatoms. The average molecular weight is 252 g/mol. The highest BCUT2D eigenvalue weighted by Gasteiger charge is 2.32. The van der Waals surface area contributed by atoms with Crippen LogP contribution in [0.1, 0.15) is 44.9 Å². The predicted octanol–water partition coefficient (Wildman–Crippen LogP) is 2.44. The van der Waals surface area contributed by atoms with E-state index in [4.69, 9.17) is 4.74 Å². The van der Waals surface area contributed by atoms with E-state index >= 15 is 0 Å². The normalized spacial score (nSPS) is 32.3. The maximum atomic E-state index is 5.16. The topological polar surface area (TPSA) is 33.3 Å². The van der Waals surface area contributed by atoms with E-state index in [0.717, 1.165) is 37.6 Å². The largest absolute Gasteiger partial charge is 0.502 e. The molecule has 2 aliphatic rings. The third-order valence-corrected chi connectivity index (χ3v) is 4.40. The second kappa shape index (κ2) is 7.80. The van der Waals surface area contributed by atoms with Crippen LogP contribution in [0, 0.1) is 5.92 Å². The second-order valence-corrected chi connectivity index (χ2v) is 5.60. The van der Waals surface area contributed by atoms with Crippen LogP contribution >= 0.6 is 0 Å². The molecule has 2 rings (SSSR count). The van der Waals surface area contributed by atoms with Gasteiger partial charge >= 0.3 is 0 Å². The van der Waals surface area contributed by atoms with Crippen LogP contribution < -0.4 is 10.6 Å². The summed E-state index contributed by atoms with van der Waals surface area (Å²) in [5, 5.41) is 7.44. The monoisotopic (exact) mass is 252 g/mol. The van der Waals surface area contributed by atoms with Gasteiger partial charge in [0.25, 0.3) is 0 Å². The molecule has 1 aliphatic carbocycles. The summed E-state index contributed by atoms with van der Waals surface area (Å²) >= 11 is 0. The maximum absolute atomic E-state index is 5.16. The van der Waals surface area contributed by atoms with Gasteiger partial charge in [-0.05, 0) is 51.1 Å². The van der Waals surface area contributed by atoms with Crippen molar-refractivity contribution in [1.82, 2.24) is 10.6 Å². The Bertz CT molecular complexity index is 239. The summed E-state index contributed by atoms with van der Waals surface area (Å²) in [6.45, 7) is 6.64. The molecule has 0 radical (unpaired) electrons. The van der Waals surface area contributed by atoms with Gasteiger partial charge in [0.2, 0.25) is 0 Å². The standard InChI is InChI=1S/C15H28N2O/c1-2-18-12-6-11-17-14-8-4-3-7-13(14)15-9-5-10-16-15/h2,13-17H,1,3-12H2. The molecule has 1 aliphatic heterocycles. The Hall–Kier alpha value is -0.540. The van der Waals surface area contributed by atoms with E-state index in [1.54, 1.807) is 0 Å². The molecule has 18 heavy (non-hydrogen) atoms. The van der Waals surface area contributed by atoms with Gasteiger partial charge in [0.1, 0.15) is 0 Å².